The van der Waals surface area contributed by atoms with E-state index in [1.807, 2.05) is 85.2 Å². The Hall–Kier alpha value is -7.49. The van der Waals surface area contributed by atoms with Crippen molar-refractivity contribution in [3.8, 4) is 44.5 Å². The van der Waals surface area contributed by atoms with Crippen LogP contribution in [0.25, 0.3) is 71.7 Å². The molecular formula is C56H41N3. The highest BCUT2D eigenvalue weighted by Crippen LogP contribution is 2.54. The number of nitrogens with one attached hydrogen (secondary N) is 1. The second-order valence-electron chi connectivity index (χ2n) is 15.8. The Morgan fingerprint density at radius 1 is 0.542 bits per heavy atom. The lowest BCUT2D eigenvalue weighted by atomic mass is 9.80. The zero-order chi connectivity index (χ0) is 39.9. The molecule has 1 aromatic heterocycles. The van der Waals surface area contributed by atoms with E-state index in [9.17, 15) is 5.41 Å². The molecule has 0 fully saturated rings. The highest BCUT2D eigenvalue weighted by Gasteiger charge is 2.38. The monoisotopic (exact) mass is 755 g/mol. The van der Waals surface area contributed by atoms with Crippen LogP contribution >= 0.6 is 0 Å². The number of nitrogens with zero attached hydrogens (tertiary/aromatic N) is 2. The third kappa shape index (κ3) is 6.47. The van der Waals surface area contributed by atoms with Crippen molar-refractivity contribution in [3.63, 3.8) is 0 Å². The molecule has 3 nitrogen and oxygen atoms in total. The van der Waals surface area contributed by atoms with E-state index in [0.717, 1.165) is 55.4 Å². The Balaban J connectivity index is 1.03. The van der Waals surface area contributed by atoms with Gasteiger partial charge in [-0.15, -0.1) is 0 Å². The molecule has 0 saturated heterocycles. The van der Waals surface area contributed by atoms with Crippen molar-refractivity contribution in [1.82, 2.24) is 4.98 Å². The summed E-state index contributed by atoms with van der Waals surface area (Å²) in [5.41, 5.74) is 16.1. The molecule has 0 spiro atoms. The molecule has 8 aromatic carbocycles. The maximum Gasteiger partial charge on any atom is 0.0729 e. The summed E-state index contributed by atoms with van der Waals surface area (Å²) in [6.07, 6.45) is 7.40. The number of rotatable bonds is 8. The molecule has 3 heteroatoms. The van der Waals surface area contributed by atoms with Gasteiger partial charge in [-0.2, -0.15) is 0 Å². The summed E-state index contributed by atoms with van der Waals surface area (Å²) >= 11 is 0. The molecule has 0 atom stereocenters. The molecule has 0 bridgehead atoms. The van der Waals surface area contributed by atoms with E-state index in [4.69, 9.17) is 4.99 Å². The van der Waals surface area contributed by atoms with Gasteiger partial charge in [0.05, 0.1) is 11.4 Å². The molecule has 1 heterocycles. The standard InChI is InChI=1S/C56H41N3/c1-56(2)51-20-10-19-45(54(51)50-30-29-39-14-6-7-16-46(39)55(50)56)41-25-23-40(24-26-41)44-31-32-49(48-18-9-8-17-47(44)48)53(59-35-37-12-4-3-5-13-37)34-52(57)42-27-21-38(22-28-42)43-15-11-33-58-36-43/h3-36,57H,1-2H3/b53-34-,57-52?,59-35?. The summed E-state index contributed by atoms with van der Waals surface area (Å²) in [4.78, 5) is 9.32. The van der Waals surface area contributed by atoms with Crippen molar-refractivity contribution in [2.24, 2.45) is 4.99 Å². The van der Waals surface area contributed by atoms with Gasteiger partial charge in [-0.25, -0.2) is 0 Å². The van der Waals surface area contributed by atoms with Crippen LogP contribution in [-0.4, -0.2) is 16.9 Å². The van der Waals surface area contributed by atoms with Crippen LogP contribution in [0.2, 0.25) is 0 Å². The molecule has 1 N–H and O–H groups in total. The maximum absolute atomic E-state index is 9.22. The topological polar surface area (TPSA) is 49.1 Å². The van der Waals surface area contributed by atoms with E-state index in [1.54, 1.807) is 6.20 Å². The number of aromatic nitrogens is 1. The summed E-state index contributed by atoms with van der Waals surface area (Å²) in [7, 11) is 0. The number of aliphatic imine (C=N–C) groups is 1. The summed E-state index contributed by atoms with van der Waals surface area (Å²) < 4.78 is 0. The fourth-order valence-corrected chi connectivity index (χ4v) is 8.96. The molecule has 1 aliphatic carbocycles. The second kappa shape index (κ2) is 14.8. The number of pyridine rings is 1. The van der Waals surface area contributed by atoms with Crippen LogP contribution in [0.1, 0.15) is 41.7 Å². The van der Waals surface area contributed by atoms with Crippen molar-refractivity contribution in [3.05, 3.63) is 228 Å². The van der Waals surface area contributed by atoms with Crippen molar-refractivity contribution >= 4 is 39.2 Å². The zero-order valence-corrected chi connectivity index (χ0v) is 33.0. The number of hydrogen-bond acceptors (Lipinski definition) is 3. The lowest BCUT2D eigenvalue weighted by molar-refractivity contribution is 0.666. The van der Waals surface area contributed by atoms with E-state index in [2.05, 4.69) is 134 Å². The second-order valence-corrected chi connectivity index (χ2v) is 15.8. The van der Waals surface area contributed by atoms with Gasteiger partial charge < -0.3 is 5.41 Å². The van der Waals surface area contributed by atoms with Gasteiger partial charge in [0.15, 0.2) is 0 Å². The molecule has 59 heavy (non-hydrogen) atoms. The number of hydrogen-bond donors (Lipinski definition) is 1. The van der Waals surface area contributed by atoms with E-state index in [0.29, 0.717) is 5.71 Å². The van der Waals surface area contributed by atoms with Crippen LogP contribution in [0.15, 0.2) is 205 Å². The first-order valence-electron chi connectivity index (χ1n) is 20.1. The van der Waals surface area contributed by atoms with Crippen LogP contribution in [0, 0.1) is 5.41 Å². The molecule has 0 unspecified atom stereocenters. The minimum Gasteiger partial charge on any atom is -0.300 e. The largest absolute Gasteiger partial charge is 0.300 e. The van der Waals surface area contributed by atoms with E-state index >= 15 is 0 Å². The maximum atomic E-state index is 9.22. The van der Waals surface area contributed by atoms with Crippen LogP contribution in [-0.2, 0) is 5.41 Å². The summed E-state index contributed by atoms with van der Waals surface area (Å²) in [6.45, 7) is 4.73. The normalized spacial score (nSPS) is 13.2. The van der Waals surface area contributed by atoms with Gasteiger partial charge in [-0.3, -0.25) is 9.98 Å². The van der Waals surface area contributed by atoms with Crippen LogP contribution in [0.4, 0.5) is 0 Å². The number of benzene rings is 8. The Morgan fingerprint density at radius 2 is 1.22 bits per heavy atom. The van der Waals surface area contributed by atoms with E-state index < -0.39 is 0 Å². The summed E-state index contributed by atoms with van der Waals surface area (Å²) in [5.74, 6) is 0. The Bertz CT molecular complexity index is 3100. The predicted octanol–water partition coefficient (Wildman–Crippen LogP) is 14.2. The Morgan fingerprint density at radius 3 is 1.98 bits per heavy atom. The smallest absolute Gasteiger partial charge is 0.0729 e. The Labute approximate surface area is 345 Å². The summed E-state index contributed by atoms with van der Waals surface area (Å²) in [5, 5.41) is 14.1. The van der Waals surface area contributed by atoms with Gasteiger partial charge in [0.25, 0.3) is 0 Å². The zero-order valence-electron chi connectivity index (χ0n) is 33.0. The van der Waals surface area contributed by atoms with Gasteiger partial charge in [-0.1, -0.05) is 190 Å². The number of allylic oxidation sites excluding steroid dienone is 1. The first-order valence-corrected chi connectivity index (χ1v) is 20.1. The van der Waals surface area contributed by atoms with Gasteiger partial charge in [0.1, 0.15) is 0 Å². The van der Waals surface area contributed by atoms with Gasteiger partial charge >= 0.3 is 0 Å². The molecule has 10 rings (SSSR count). The number of fused-ring (bicyclic) bond motifs is 6. The minimum atomic E-state index is -0.107. The third-order valence-electron chi connectivity index (χ3n) is 11.9. The minimum absolute atomic E-state index is 0.107. The lowest BCUT2D eigenvalue weighted by Gasteiger charge is -2.23. The third-order valence-corrected chi connectivity index (χ3v) is 11.9. The van der Waals surface area contributed by atoms with Crippen LogP contribution in [0.3, 0.4) is 0 Å². The van der Waals surface area contributed by atoms with E-state index in [-0.39, 0.29) is 5.41 Å². The molecule has 0 radical (unpaired) electrons. The highest BCUT2D eigenvalue weighted by atomic mass is 14.7. The lowest BCUT2D eigenvalue weighted by Crippen LogP contribution is -2.15. The summed E-state index contributed by atoms with van der Waals surface area (Å²) in [6, 6.07) is 64.3. The van der Waals surface area contributed by atoms with Crippen molar-refractivity contribution < 1.29 is 0 Å². The molecule has 0 saturated carbocycles. The predicted molar refractivity (Wildman–Crippen MR) is 248 cm³/mol. The van der Waals surface area contributed by atoms with Gasteiger partial charge in [0, 0.05) is 29.6 Å². The first-order chi connectivity index (χ1) is 28.9. The molecule has 280 valence electrons. The fourth-order valence-electron chi connectivity index (χ4n) is 8.96. The SMILES string of the molecule is CC1(C)c2cccc(-c3ccc(-c4ccc(/C(=C/C(=N)c5ccc(-c6cccnc6)cc5)N=Cc5ccccc5)c5ccccc45)cc3)c2-c2ccc3ccccc3c21. The molecule has 1 aliphatic rings. The quantitative estimate of drug-likeness (QED) is 0.154. The van der Waals surface area contributed by atoms with Crippen molar-refractivity contribution in [1.29, 1.82) is 5.41 Å². The van der Waals surface area contributed by atoms with E-state index in [1.165, 1.54) is 44.2 Å². The molecular weight excluding hydrogens is 715 g/mol. The van der Waals surface area contributed by atoms with Gasteiger partial charge in [-0.05, 0) is 100 Å². The fraction of sp³-hybridized carbons (Fsp3) is 0.0536. The Kier molecular flexibility index (Phi) is 8.99. The van der Waals surface area contributed by atoms with Crippen LogP contribution < -0.4 is 0 Å². The molecule has 0 aliphatic heterocycles. The van der Waals surface area contributed by atoms with Crippen LogP contribution in [0.5, 0.6) is 0 Å². The molecule has 0 amide bonds. The average molecular weight is 756 g/mol. The highest BCUT2D eigenvalue weighted by molar-refractivity contribution is 6.13. The average Bonchev–Trinajstić information content (AvgIpc) is 3.54. The molecule has 9 aromatic rings. The van der Waals surface area contributed by atoms with Crippen molar-refractivity contribution in [2.45, 2.75) is 19.3 Å². The van der Waals surface area contributed by atoms with Crippen molar-refractivity contribution in [2.75, 3.05) is 0 Å². The van der Waals surface area contributed by atoms with Gasteiger partial charge in [0.2, 0.25) is 0 Å². The first kappa shape index (κ1) is 35.9.